The number of hydrogen-bond acceptors (Lipinski definition) is 9. The number of nitrogens with two attached hydrogens (primary N) is 1. The monoisotopic (exact) mass is 510 g/mol. The van der Waals surface area contributed by atoms with E-state index in [9.17, 15) is 4.79 Å². The molecule has 2 N–H and O–H groups in total. The fraction of sp³-hybridized carbons (Fsp3) is 0.185. The molecule has 186 valence electrons. The number of hydrogen-bond donors (Lipinski definition) is 1. The van der Waals surface area contributed by atoms with E-state index in [4.69, 9.17) is 5.73 Å². The van der Waals surface area contributed by atoms with Gasteiger partial charge in [-0.1, -0.05) is 13.0 Å². The van der Waals surface area contributed by atoms with Crippen LogP contribution in [-0.4, -0.2) is 42.9 Å². The van der Waals surface area contributed by atoms with E-state index in [-0.39, 0.29) is 12.5 Å². The molecule has 5 rings (SSSR count). The minimum atomic E-state index is -0.215. The molecular formula is C27H26N8OS. The van der Waals surface area contributed by atoms with E-state index in [0.29, 0.717) is 17.3 Å². The topological polar surface area (TPSA) is 114 Å². The van der Waals surface area contributed by atoms with Gasteiger partial charge < -0.3 is 5.73 Å². The van der Waals surface area contributed by atoms with Gasteiger partial charge in [-0.3, -0.25) is 14.8 Å². The number of nitrogen functional groups attached to an aromatic ring is 1. The molecule has 10 heteroatoms. The maximum absolute atomic E-state index is 13.8. The van der Waals surface area contributed by atoms with Crippen LogP contribution in [0.4, 0.5) is 11.8 Å². The summed E-state index contributed by atoms with van der Waals surface area (Å²) in [6, 6.07) is 13.0. The molecule has 0 fully saturated rings. The first-order chi connectivity index (χ1) is 17.9. The highest BCUT2D eigenvalue weighted by atomic mass is 32.1. The Morgan fingerprint density at radius 2 is 1.86 bits per heavy atom. The summed E-state index contributed by atoms with van der Waals surface area (Å²) < 4.78 is 0. The highest BCUT2D eigenvalue weighted by Crippen LogP contribution is 2.28. The molecule has 0 spiro atoms. The molecule has 37 heavy (non-hydrogen) atoms. The minimum absolute atomic E-state index is 0.215. The van der Waals surface area contributed by atoms with Crippen LogP contribution in [0.25, 0.3) is 21.3 Å². The van der Waals surface area contributed by atoms with Crippen LogP contribution in [-0.2, 0) is 13.0 Å². The predicted molar refractivity (Wildman–Crippen MR) is 146 cm³/mol. The number of pyridine rings is 2. The largest absolute Gasteiger partial charge is 0.383 e. The minimum Gasteiger partial charge on any atom is -0.383 e. The second kappa shape index (κ2) is 10.3. The summed E-state index contributed by atoms with van der Waals surface area (Å²) in [6.07, 6.45) is 5.98. The van der Waals surface area contributed by atoms with Crippen LogP contribution in [0.2, 0.25) is 0 Å². The average molecular weight is 511 g/mol. The molecule has 0 aliphatic rings. The van der Waals surface area contributed by atoms with Gasteiger partial charge in [0.2, 0.25) is 5.95 Å². The van der Waals surface area contributed by atoms with Crippen LogP contribution in [0.15, 0.2) is 66.6 Å². The first-order valence-corrected chi connectivity index (χ1v) is 12.7. The van der Waals surface area contributed by atoms with Crippen molar-refractivity contribution in [2.24, 2.45) is 0 Å². The number of anilines is 2. The lowest BCUT2D eigenvalue weighted by atomic mass is 10.1. The predicted octanol–water partition coefficient (Wildman–Crippen LogP) is 4.69. The number of thiazole rings is 1. The van der Waals surface area contributed by atoms with Crippen molar-refractivity contribution in [2.45, 2.75) is 26.8 Å². The van der Waals surface area contributed by atoms with Gasteiger partial charge in [0, 0.05) is 42.2 Å². The van der Waals surface area contributed by atoms with E-state index in [2.05, 4.69) is 31.8 Å². The Bertz CT molecular complexity index is 1550. The number of rotatable bonds is 7. The zero-order valence-corrected chi connectivity index (χ0v) is 21.6. The second-order valence-corrected chi connectivity index (χ2v) is 9.41. The summed E-state index contributed by atoms with van der Waals surface area (Å²) in [5.74, 6) is 0.664. The van der Waals surface area contributed by atoms with Gasteiger partial charge in [-0.2, -0.15) is 0 Å². The summed E-state index contributed by atoms with van der Waals surface area (Å²) >= 11 is 1.60. The number of nitrogens with zero attached hydrogens (tertiary/aromatic N) is 7. The van der Waals surface area contributed by atoms with Gasteiger partial charge in [0.05, 0.1) is 33.8 Å². The zero-order valence-electron chi connectivity index (χ0n) is 20.8. The quantitative estimate of drug-likeness (QED) is 0.314. The van der Waals surface area contributed by atoms with Crippen LogP contribution < -0.4 is 10.7 Å². The Morgan fingerprint density at radius 3 is 2.59 bits per heavy atom. The molecule has 0 atom stereocenters. The van der Waals surface area contributed by atoms with Gasteiger partial charge in [-0.15, -0.1) is 11.3 Å². The van der Waals surface area contributed by atoms with Crippen molar-refractivity contribution in [1.29, 1.82) is 0 Å². The first-order valence-electron chi connectivity index (χ1n) is 11.8. The standard InChI is InChI=1S/C27H26N8OS/c1-4-22-24(37-16-32-22)19-6-8-21(31-14-19)15-35(34(3)27-29-10-5-11-30-27)26(36)18-7-9-23-20(13-18)12-17(2)25(28)33-23/h5-14,16H,4,15H2,1-3H3,(H2,28,33). The van der Waals surface area contributed by atoms with Gasteiger partial charge in [0.1, 0.15) is 5.82 Å². The number of fused-ring (bicyclic) bond motifs is 1. The van der Waals surface area contributed by atoms with Crippen molar-refractivity contribution in [3.05, 3.63) is 89.1 Å². The maximum Gasteiger partial charge on any atom is 0.272 e. The SMILES string of the molecule is CCc1ncsc1-c1ccc(CN(C(=O)c2ccc3nc(N)c(C)cc3c2)N(C)c2ncccn2)nc1. The number of hydrazine groups is 1. The van der Waals surface area contributed by atoms with Gasteiger partial charge >= 0.3 is 0 Å². The summed E-state index contributed by atoms with van der Waals surface area (Å²) in [4.78, 5) is 37.1. The van der Waals surface area contributed by atoms with Crippen LogP contribution in [0.1, 0.15) is 34.2 Å². The number of aryl methyl sites for hydroxylation is 2. The number of aromatic nitrogens is 5. The molecule has 0 aliphatic heterocycles. The lowest BCUT2D eigenvalue weighted by molar-refractivity contribution is 0.0727. The van der Waals surface area contributed by atoms with E-state index < -0.39 is 0 Å². The Morgan fingerprint density at radius 1 is 1.05 bits per heavy atom. The molecule has 4 aromatic heterocycles. The van der Waals surface area contributed by atoms with Gasteiger partial charge in [0.15, 0.2) is 0 Å². The van der Waals surface area contributed by atoms with Gasteiger partial charge in [-0.25, -0.2) is 24.9 Å². The number of benzene rings is 1. The third-order valence-corrected chi connectivity index (χ3v) is 7.02. The number of amides is 1. The Kier molecular flexibility index (Phi) is 6.74. The van der Waals surface area contributed by atoms with E-state index in [1.807, 2.05) is 49.0 Å². The third kappa shape index (κ3) is 4.96. The molecular weight excluding hydrogens is 484 g/mol. The van der Waals surface area contributed by atoms with E-state index in [0.717, 1.165) is 44.7 Å². The number of carbonyl (C=O) groups excluding carboxylic acids is 1. The zero-order chi connectivity index (χ0) is 25.9. The lowest BCUT2D eigenvalue weighted by Crippen LogP contribution is -2.45. The molecule has 0 saturated carbocycles. The van der Waals surface area contributed by atoms with E-state index >= 15 is 0 Å². The Balaban J connectivity index is 1.48. The lowest BCUT2D eigenvalue weighted by Gasteiger charge is -2.31. The smallest absolute Gasteiger partial charge is 0.272 e. The van der Waals surface area contributed by atoms with Gasteiger partial charge in [-0.05, 0) is 55.3 Å². The fourth-order valence-electron chi connectivity index (χ4n) is 4.02. The van der Waals surface area contributed by atoms with Crippen molar-refractivity contribution < 1.29 is 4.79 Å². The van der Waals surface area contributed by atoms with E-state index in [1.54, 1.807) is 52.9 Å². The van der Waals surface area contributed by atoms with Crippen LogP contribution in [0.5, 0.6) is 0 Å². The molecule has 0 unspecified atom stereocenters. The molecule has 4 heterocycles. The fourth-order valence-corrected chi connectivity index (χ4v) is 4.90. The molecule has 0 radical (unpaired) electrons. The Hall–Kier alpha value is -4.44. The molecule has 1 aromatic carbocycles. The summed E-state index contributed by atoms with van der Waals surface area (Å²) in [6.45, 7) is 4.22. The van der Waals surface area contributed by atoms with Crippen molar-refractivity contribution in [3.8, 4) is 10.4 Å². The summed E-state index contributed by atoms with van der Waals surface area (Å²) in [7, 11) is 1.76. The van der Waals surface area contributed by atoms with Crippen molar-refractivity contribution in [1.82, 2.24) is 29.9 Å². The van der Waals surface area contributed by atoms with Crippen LogP contribution in [0.3, 0.4) is 0 Å². The summed E-state index contributed by atoms with van der Waals surface area (Å²) in [5.41, 5.74) is 12.7. The average Bonchev–Trinajstić information content (AvgIpc) is 3.41. The molecule has 0 aliphatic carbocycles. The van der Waals surface area contributed by atoms with Crippen molar-refractivity contribution in [2.75, 3.05) is 17.8 Å². The van der Waals surface area contributed by atoms with Crippen LogP contribution >= 0.6 is 11.3 Å². The molecule has 0 saturated heterocycles. The number of carbonyl (C=O) groups is 1. The maximum atomic E-state index is 13.8. The normalized spacial score (nSPS) is 11.0. The second-order valence-electron chi connectivity index (χ2n) is 8.55. The van der Waals surface area contributed by atoms with Crippen molar-refractivity contribution in [3.63, 3.8) is 0 Å². The van der Waals surface area contributed by atoms with Crippen molar-refractivity contribution >= 4 is 39.9 Å². The Labute approximate surface area is 218 Å². The third-order valence-electron chi connectivity index (χ3n) is 6.10. The van der Waals surface area contributed by atoms with E-state index in [1.165, 1.54) is 0 Å². The van der Waals surface area contributed by atoms with Gasteiger partial charge in [0.25, 0.3) is 5.91 Å². The molecule has 5 aromatic rings. The first kappa shape index (κ1) is 24.3. The molecule has 1 amide bonds. The molecule has 0 bridgehead atoms. The highest BCUT2D eigenvalue weighted by Gasteiger charge is 2.24. The van der Waals surface area contributed by atoms with Crippen LogP contribution in [0, 0.1) is 6.92 Å². The molecule has 9 nitrogen and oxygen atoms in total. The summed E-state index contributed by atoms with van der Waals surface area (Å²) in [5, 5.41) is 4.07. The highest BCUT2D eigenvalue weighted by molar-refractivity contribution is 7.13.